The second kappa shape index (κ2) is 5.37. The highest BCUT2D eigenvalue weighted by Gasteiger charge is 2.12. The first kappa shape index (κ1) is 11.5. The highest BCUT2D eigenvalue weighted by Crippen LogP contribution is 2.24. The van der Waals surface area contributed by atoms with E-state index in [0.29, 0.717) is 16.6 Å². The molecular formula is C10H9BrN2O2. The van der Waals surface area contributed by atoms with Gasteiger partial charge >= 0.3 is 0 Å². The number of nitro benzene ring substituents is 1. The fourth-order valence-corrected chi connectivity index (χ4v) is 1.25. The Morgan fingerprint density at radius 2 is 2.33 bits per heavy atom. The van der Waals surface area contributed by atoms with E-state index in [1.807, 2.05) is 0 Å². The summed E-state index contributed by atoms with van der Waals surface area (Å²) in [5, 5.41) is 14.0. The summed E-state index contributed by atoms with van der Waals surface area (Å²) in [6, 6.07) is 4.85. The molecule has 1 N–H and O–H groups in total. The molecule has 0 aliphatic carbocycles. The van der Waals surface area contributed by atoms with Crippen molar-refractivity contribution in [3.05, 3.63) is 33.9 Å². The molecular weight excluding hydrogens is 260 g/mol. The first-order chi connectivity index (χ1) is 7.19. The summed E-state index contributed by atoms with van der Waals surface area (Å²) in [6.45, 7) is 0. The smallest absolute Gasteiger partial charge is 0.293 e. The van der Waals surface area contributed by atoms with E-state index in [1.165, 1.54) is 6.07 Å². The highest BCUT2D eigenvalue weighted by molar-refractivity contribution is 9.09. The van der Waals surface area contributed by atoms with Crippen LogP contribution in [0.1, 0.15) is 5.56 Å². The molecule has 0 aliphatic rings. The average Bonchev–Trinajstić information content (AvgIpc) is 2.25. The Balaban J connectivity index is 3.16. The number of rotatable bonds is 2. The van der Waals surface area contributed by atoms with Crippen LogP contribution in [-0.4, -0.2) is 17.3 Å². The molecule has 78 valence electrons. The summed E-state index contributed by atoms with van der Waals surface area (Å²) in [7, 11) is 1.65. The minimum atomic E-state index is -0.425. The molecule has 0 saturated heterocycles. The molecule has 15 heavy (non-hydrogen) atoms. The Morgan fingerprint density at radius 3 is 2.87 bits per heavy atom. The number of hydrogen-bond acceptors (Lipinski definition) is 3. The third kappa shape index (κ3) is 2.96. The van der Waals surface area contributed by atoms with Crippen molar-refractivity contribution in [2.75, 3.05) is 17.7 Å². The quantitative estimate of drug-likeness (QED) is 0.388. The van der Waals surface area contributed by atoms with Crippen LogP contribution >= 0.6 is 15.9 Å². The van der Waals surface area contributed by atoms with Crippen LogP contribution in [0, 0.1) is 22.0 Å². The van der Waals surface area contributed by atoms with Gasteiger partial charge in [-0.3, -0.25) is 10.1 Å². The molecule has 1 aromatic rings. The second-order valence-electron chi connectivity index (χ2n) is 2.67. The maximum absolute atomic E-state index is 10.7. The molecule has 0 radical (unpaired) electrons. The van der Waals surface area contributed by atoms with Gasteiger partial charge in [0, 0.05) is 18.7 Å². The van der Waals surface area contributed by atoms with Gasteiger partial charge in [-0.15, -0.1) is 0 Å². The molecule has 5 heteroatoms. The molecule has 0 aromatic heterocycles. The van der Waals surface area contributed by atoms with Gasteiger partial charge in [0.25, 0.3) is 5.69 Å². The number of nitrogens with one attached hydrogen (secondary N) is 1. The van der Waals surface area contributed by atoms with Crippen molar-refractivity contribution < 1.29 is 4.92 Å². The van der Waals surface area contributed by atoms with E-state index in [0.717, 1.165) is 0 Å². The Labute approximate surface area is 96.0 Å². The van der Waals surface area contributed by atoms with Crippen molar-refractivity contribution >= 4 is 27.3 Å². The van der Waals surface area contributed by atoms with E-state index in [2.05, 4.69) is 33.1 Å². The largest absolute Gasteiger partial charge is 0.383 e. The molecule has 0 saturated carbocycles. The van der Waals surface area contributed by atoms with E-state index in [4.69, 9.17) is 0 Å². The van der Waals surface area contributed by atoms with Crippen LogP contribution in [0.25, 0.3) is 0 Å². The fraction of sp³-hybridized carbons (Fsp3) is 0.200. The van der Waals surface area contributed by atoms with E-state index in [-0.39, 0.29) is 5.69 Å². The zero-order chi connectivity index (χ0) is 11.3. The topological polar surface area (TPSA) is 55.2 Å². The van der Waals surface area contributed by atoms with Gasteiger partial charge < -0.3 is 5.32 Å². The SMILES string of the molecule is CNc1ccc(C#CCBr)cc1[N+](=O)[O-]. The van der Waals surface area contributed by atoms with Crippen molar-refractivity contribution in [2.45, 2.75) is 0 Å². The molecule has 0 fully saturated rings. The van der Waals surface area contributed by atoms with Crippen molar-refractivity contribution in [3.8, 4) is 11.8 Å². The van der Waals surface area contributed by atoms with Gasteiger partial charge in [0.2, 0.25) is 0 Å². The number of nitro groups is 1. The molecule has 0 unspecified atom stereocenters. The summed E-state index contributed by atoms with van der Waals surface area (Å²) in [5.41, 5.74) is 1.17. The van der Waals surface area contributed by atoms with Gasteiger partial charge in [0.15, 0.2) is 0 Å². The van der Waals surface area contributed by atoms with Gasteiger partial charge in [0.1, 0.15) is 5.69 Å². The Hall–Kier alpha value is -1.54. The average molecular weight is 269 g/mol. The van der Waals surface area contributed by atoms with Gasteiger partial charge in [-0.1, -0.05) is 27.8 Å². The maximum Gasteiger partial charge on any atom is 0.293 e. The minimum absolute atomic E-state index is 0.0406. The van der Waals surface area contributed by atoms with Gasteiger partial charge in [0.05, 0.1) is 10.3 Å². The van der Waals surface area contributed by atoms with Gasteiger partial charge in [-0.25, -0.2) is 0 Å². The maximum atomic E-state index is 10.7. The Morgan fingerprint density at radius 1 is 1.60 bits per heavy atom. The molecule has 0 bridgehead atoms. The van der Waals surface area contributed by atoms with Crippen LogP contribution in [0.4, 0.5) is 11.4 Å². The summed E-state index contributed by atoms with van der Waals surface area (Å²) in [5.74, 6) is 5.60. The van der Waals surface area contributed by atoms with Gasteiger partial charge in [-0.2, -0.15) is 0 Å². The number of halogens is 1. The number of anilines is 1. The van der Waals surface area contributed by atoms with Crippen LogP contribution < -0.4 is 5.32 Å². The number of nitrogens with zero attached hydrogens (tertiary/aromatic N) is 1. The van der Waals surface area contributed by atoms with E-state index < -0.39 is 4.92 Å². The van der Waals surface area contributed by atoms with Crippen LogP contribution in [0.15, 0.2) is 18.2 Å². The molecule has 0 amide bonds. The standard InChI is InChI=1S/C10H9BrN2O2/c1-12-9-5-4-8(3-2-6-11)7-10(9)13(14)15/h4-5,7,12H,6H2,1H3. The van der Waals surface area contributed by atoms with Crippen LogP contribution in [0.2, 0.25) is 0 Å². The van der Waals surface area contributed by atoms with Crippen molar-refractivity contribution in [1.82, 2.24) is 0 Å². The third-order valence-electron chi connectivity index (χ3n) is 1.76. The lowest BCUT2D eigenvalue weighted by molar-refractivity contribution is -0.384. The fourth-order valence-electron chi connectivity index (χ4n) is 1.11. The highest BCUT2D eigenvalue weighted by atomic mass is 79.9. The minimum Gasteiger partial charge on any atom is -0.383 e. The van der Waals surface area contributed by atoms with Crippen LogP contribution in [0.3, 0.4) is 0 Å². The first-order valence-corrected chi connectivity index (χ1v) is 5.32. The first-order valence-electron chi connectivity index (χ1n) is 4.20. The van der Waals surface area contributed by atoms with Crippen LogP contribution in [0.5, 0.6) is 0 Å². The molecule has 0 heterocycles. The van der Waals surface area contributed by atoms with Crippen molar-refractivity contribution in [3.63, 3.8) is 0 Å². The van der Waals surface area contributed by atoms with Crippen molar-refractivity contribution in [2.24, 2.45) is 0 Å². The van der Waals surface area contributed by atoms with E-state index in [1.54, 1.807) is 19.2 Å². The number of hydrogen-bond donors (Lipinski definition) is 1. The van der Waals surface area contributed by atoms with E-state index >= 15 is 0 Å². The Kier molecular flexibility index (Phi) is 4.13. The number of benzene rings is 1. The number of alkyl halides is 1. The predicted octanol–water partition coefficient (Wildman–Crippen LogP) is 2.38. The summed E-state index contributed by atoms with van der Waals surface area (Å²) in [6.07, 6.45) is 0. The molecule has 4 nitrogen and oxygen atoms in total. The predicted molar refractivity (Wildman–Crippen MR) is 63.3 cm³/mol. The lowest BCUT2D eigenvalue weighted by atomic mass is 10.2. The second-order valence-corrected chi connectivity index (χ2v) is 3.24. The van der Waals surface area contributed by atoms with E-state index in [9.17, 15) is 10.1 Å². The molecule has 0 atom stereocenters. The monoisotopic (exact) mass is 268 g/mol. The van der Waals surface area contributed by atoms with Crippen molar-refractivity contribution in [1.29, 1.82) is 0 Å². The summed E-state index contributed by atoms with van der Waals surface area (Å²) < 4.78 is 0. The molecule has 0 spiro atoms. The molecule has 1 aromatic carbocycles. The lowest BCUT2D eigenvalue weighted by Crippen LogP contribution is -1.96. The lowest BCUT2D eigenvalue weighted by Gasteiger charge is -2.01. The van der Waals surface area contributed by atoms with Crippen LogP contribution in [-0.2, 0) is 0 Å². The Bertz CT molecular complexity index is 435. The zero-order valence-corrected chi connectivity index (χ0v) is 9.67. The molecule has 0 aliphatic heterocycles. The zero-order valence-electron chi connectivity index (χ0n) is 8.08. The normalized spacial score (nSPS) is 8.93. The summed E-state index contributed by atoms with van der Waals surface area (Å²) in [4.78, 5) is 10.3. The van der Waals surface area contributed by atoms with Gasteiger partial charge in [-0.05, 0) is 12.1 Å². The molecule has 1 rings (SSSR count). The third-order valence-corrected chi connectivity index (χ3v) is 2.04. The summed E-state index contributed by atoms with van der Waals surface area (Å²) >= 11 is 3.16.